The van der Waals surface area contributed by atoms with Crippen LogP contribution in [0.15, 0.2) is 12.2 Å². The summed E-state index contributed by atoms with van der Waals surface area (Å²) in [5.74, 6) is 4.75. The van der Waals surface area contributed by atoms with Gasteiger partial charge < -0.3 is 5.11 Å². The van der Waals surface area contributed by atoms with Crippen molar-refractivity contribution in [2.24, 2.45) is 57.2 Å². The van der Waals surface area contributed by atoms with Crippen molar-refractivity contribution >= 4 is 0 Å². The summed E-state index contributed by atoms with van der Waals surface area (Å²) in [5, 5.41) is 10.6. The number of allylic oxidation sites excluding steroid dienone is 1. The standard InChI is InChI=1S/C31H52O/c1-20(2)21(3)9-8-10-22(4)24-13-15-29(7)27-12-11-25-23(5)26(32)14-16-30(25)19-31(27,30)18-17-28(24,29)6/h21-27,32H,1,8-19H2,2-7H3. The van der Waals surface area contributed by atoms with Gasteiger partial charge in [0.1, 0.15) is 0 Å². The van der Waals surface area contributed by atoms with Gasteiger partial charge in [-0.2, -0.15) is 0 Å². The molecular weight excluding hydrogens is 388 g/mol. The summed E-state index contributed by atoms with van der Waals surface area (Å²) in [6.07, 6.45) is 16.8. The molecule has 0 aromatic carbocycles. The van der Waals surface area contributed by atoms with Gasteiger partial charge in [-0.3, -0.25) is 0 Å². The Bertz CT molecular complexity index is 756. The normalized spacial score (nSPS) is 53.4. The highest BCUT2D eigenvalue weighted by Gasteiger charge is 2.81. The Balaban J connectivity index is 1.32. The lowest BCUT2D eigenvalue weighted by Gasteiger charge is -2.62. The molecule has 5 saturated carbocycles. The zero-order valence-corrected chi connectivity index (χ0v) is 22.2. The third-order valence-corrected chi connectivity index (χ3v) is 13.6. The van der Waals surface area contributed by atoms with Crippen LogP contribution in [0.25, 0.3) is 0 Å². The summed E-state index contributed by atoms with van der Waals surface area (Å²) < 4.78 is 0. The molecule has 0 aromatic heterocycles. The van der Waals surface area contributed by atoms with E-state index in [1.165, 1.54) is 76.2 Å². The number of hydrogen-bond acceptors (Lipinski definition) is 1. The predicted octanol–water partition coefficient (Wildman–Crippen LogP) is 8.41. The Morgan fingerprint density at radius 1 is 0.938 bits per heavy atom. The molecule has 1 heteroatoms. The first kappa shape index (κ1) is 23.4. The molecule has 0 bridgehead atoms. The second-order valence-corrected chi connectivity index (χ2v) is 14.3. The minimum absolute atomic E-state index is 0.0337. The molecule has 0 saturated heterocycles. The number of hydrogen-bond donors (Lipinski definition) is 1. The van der Waals surface area contributed by atoms with E-state index in [0.29, 0.717) is 33.5 Å². The van der Waals surface area contributed by atoms with Gasteiger partial charge in [0.05, 0.1) is 6.10 Å². The van der Waals surface area contributed by atoms with Gasteiger partial charge >= 0.3 is 0 Å². The third-order valence-electron chi connectivity index (χ3n) is 13.6. The van der Waals surface area contributed by atoms with Crippen molar-refractivity contribution in [1.29, 1.82) is 0 Å². The van der Waals surface area contributed by atoms with Gasteiger partial charge in [0.25, 0.3) is 0 Å². The maximum atomic E-state index is 10.6. The van der Waals surface area contributed by atoms with Gasteiger partial charge in [0, 0.05) is 0 Å². The highest BCUT2D eigenvalue weighted by atomic mass is 16.3. The van der Waals surface area contributed by atoms with Crippen molar-refractivity contribution in [1.82, 2.24) is 0 Å². The molecule has 1 nitrogen and oxygen atoms in total. The summed E-state index contributed by atoms with van der Waals surface area (Å²) in [6.45, 7) is 19.2. The molecule has 0 aliphatic heterocycles. The van der Waals surface area contributed by atoms with Crippen LogP contribution in [-0.2, 0) is 0 Å². The van der Waals surface area contributed by atoms with Gasteiger partial charge in [-0.05, 0) is 128 Å². The van der Waals surface area contributed by atoms with Crippen LogP contribution in [0, 0.1) is 57.2 Å². The van der Waals surface area contributed by atoms with E-state index in [1.807, 2.05) is 0 Å². The Morgan fingerprint density at radius 2 is 1.69 bits per heavy atom. The molecule has 2 spiro atoms. The lowest BCUT2D eigenvalue weighted by Crippen LogP contribution is -2.55. The second kappa shape index (κ2) is 7.60. The summed E-state index contributed by atoms with van der Waals surface area (Å²) in [5.41, 5.74) is 3.70. The Hall–Kier alpha value is -0.300. The van der Waals surface area contributed by atoms with Gasteiger partial charge in [0.15, 0.2) is 0 Å². The van der Waals surface area contributed by atoms with Crippen molar-refractivity contribution in [3.8, 4) is 0 Å². The molecule has 5 fully saturated rings. The summed E-state index contributed by atoms with van der Waals surface area (Å²) in [7, 11) is 0. The average molecular weight is 441 g/mol. The highest BCUT2D eigenvalue weighted by Crippen LogP contribution is 2.88. The van der Waals surface area contributed by atoms with Gasteiger partial charge in [-0.25, -0.2) is 0 Å². The van der Waals surface area contributed by atoms with E-state index in [-0.39, 0.29) is 6.10 Å². The van der Waals surface area contributed by atoms with Crippen molar-refractivity contribution in [2.45, 2.75) is 125 Å². The smallest absolute Gasteiger partial charge is 0.0568 e. The third kappa shape index (κ3) is 2.91. The van der Waals surface area contributed by atoms with E-state index >= 15 is 0 Å². The van der Waals surface area contributed by atoms with Crippen LogP contribution >= 0.6 is 0 Å². The van der Waals surface area contributed by atoms with Crippen molar-refractivity contribution in [2.75, 3.05) is 0 Å². The Morgan fingerprint density at radius 3 is 2.41 bits per heavy atom. The maximum Gasteiger partial charge on any atom is 0.0568 e. The minimum Gasteiger partial charge on any atom is -0.393 e. The molecule has 0 radical (unpaired) electrons. The quantitative estimate of drug-likeness (QED) is 0.411. The fraction of sp³-hybridized carbons (Fsp3) is 0.935. The first-order valence-corrected chi connectivity index (χ1v) is 14.4. The predicted molar refractivity (Wildman–Crippen MR) is 135 cm³/mol. The van der Waals surface area contributed by atoms with Crippen LogP contribution in [0.3, 0.4) is 0 Å². The van der Waals surface area contributed by atoms with Gasteiger partial charge in [-0.1, -0.05) is 59.6 Å². The average Bonchev–Trinajstić information content (AvgIpc) is 3.33. The zero-order valence-electron chi connectivity index (χ0n) is 22.2. The molecule has 32 heavy (non-hydrogen) atoms. The van der Waals surface area contributed by atoms with Gasteiger partial charge in [-0.15, -0.1) is 0 Å². The zero-order chi connectivity index (χ0) is 23.1. The molecule has 5 aliphatic carbocycles. The first-order valence-electron chi connectivity index (χ1n) is 14.4. The van der Waals surface area contributed by atoms with E-state index in [1.54, 1.807) is 0 Å². The minimum atomic E-state index is -0.0337. The van der Waals surface area contributed by atoms with E-state index < -0.39 is 0 Å². The number of fused-ring (bicyclic) bond motifs is 2. The second-order valence-electron chi connectivity index (χ2n) is 14.3. The van der Waals surface area contributed by atoms with Crippen LogP contribution in [0.5, 0.6) is 0 Å². The van der Waals surface area contributed by atoms with Crippen molar-refractivity contribution in [3.63, 3.8) is 0 Å². The Labute approximate surface area is 199 Å². The van der Waals surface area contributed by atoms with Crippen LogP contribution in [0.1, 0.15) is 119 Å². The fourth-order valence-corrected chi connectivity index (χ4v) is 11.2. The topological polar surface area (TPSA) is 20.2 Å². The fourth-order valence-electron chi connectivity index (χ4n) is 11.2. The lowest BCUT2D eigenvalue weighted by molar-refractivity contribution is -0.142. The van der Waals surface area contributed by atoms with Crippen molar-refractivity contribution < 1.29 is 5.11 Å². The number of rotatable bonds is 6. The van der Waals surface area contributed by atoms with E-state index in [0.717, 1.165) is 30.1 Å². The summed E-state index contributed by atoms with van der Waals surface area (Å²) >= 11 is 0. The molecule has 5 rings (SSSR count). The molecule has 11 atom stereocenters. The van der Waals surface area contributed by atoms with Crippen LogP contribution in [-0.4, -0.2) is 11.2 Å². The molecular formula is C31H52O. The SMILES string of the molecule is C=C(C)C(C)CCCC(C)C1CCC2(C)C3CCC4C(C)C(O)CCC45CC35CCC12C. The molecule has 0 heterocycles. The van der Waals surface area contributed by atoms with E-state index in [9.17, 15) is 5.11 Å². The summed E-state index contributed by atoms with van der Waals surface area (Å²) in [6, 6.07) is 0. The van der Waals surface area contributed by atoms with E-state index in [2.05, 4.69) is 48.1 Å². The lowest BCUT2D eigenvalue weighted by atomic mass is 9.43. The number of aliphatic hydroxyl groups is 1. The van der Waals surface area contributed by atoms with Crippen molar-refractivity contribution in [3.05, 3.63) is 12.2 Å². The van der Waals surface area contributed by atoms with Crippen LogP contribution < -0.4 is 0 Å². The molecule has 182 valence electrons. The van der Waals surface area contributed by atoms with Crippen LogP contribution in [0.4, 0.5) is 0 Å². The molecule has 0 aromatic rings. The molecule has 5 aliphatic rings. The molecule has 1 N–H and O–H groups in total. The first-order chi connectivity index (χ1) is 15.0. The summed E-state index contributed by atoms with van der Waals surface area (Å²) in [4.78, 5) is 0. The van der Waals surface area contributed by atoms with E-state index in [4.69, 9.17) is 0 Å². The monoisotopic (exact) mass is 440 g/mol. The molecule has 0 amide bonds. The van der Waals surface area contributed by atoms with Gasteiger partial charge in [0.2, 0.25) is 0 Å². The molecule has 11 unspecified atom stereocenters. The largest absolute Gasteiger partial charge is 0.393 e. The highest BCUT2D eigenvalue weighted by molar-refractivity contribution is 5.29. The Kier molecular flexibility index (Phi) is 5.57. The van der Waals surface area contributed by atoms with Crippen LogP contribution in [0.2, 0.25) is 0 Å². The number of aliphatic hydroxyl groups excluding tert-OH is 1. The maximum absolute atomic E-state index is 10.6.